The van der Waals surface area contributed by atoms with Crippen LogP contribution < -0.4 is 5.73 Å². The van der Waals surface area contributed by atoms with Gasteiger partial charge >= 0.3 is 5.97 Å². The van der Waals surface area contributed by atoms with Crippen molar-refractivity contribution in [2.45, 2.75) is 13.5 Å². The topological polar surface area (TPSA) is 64.7 Å². The predicted octanol–water partition coefficient (Wildman–Crippen LogP) is 2.97. The van der Waals surface area contributed by atoms with E-state index in [0.29, 0.717) is 10.0 Å². The van der Waals surface area contributed by atoms with Gasteiger partial charge in [-0.1, -0.05) is 35.3 Å². The Morgan fingerprint density at radius 1 is 1.47 bits per heavy atom. The number of ether oxygens (including phenoxy) is 1. The largest absolute Gasteiger partial charge is 0.465 e. The van der Waals surface area contributed by atoms with Gasteiger partial charge in [-0.05, 0) is 24.6 Å². The zero-order valence-corrected chi connectivity index (χ0v) is 12.1. The van der Waals surface area contributed by atoms with E-state index in [1.807, 2.05) is 0 Å². The molecule has 1 aromatic carbocycles. The van der Waals surface area contributed by atoms with Gasteiger partial charge in [0.15, 0.2) is 0 Å². The van der Waals surface area contributed by atoms with E-state index < -0.39 is 5.97 Å². The zero-order chi connectivity index (χ0) is 14.4. The van der Waals surface area contributed by atoms with E-state index >= 15 is 0 Å². The minimum Gasteiger partial charge on any atom is -0.465 e. The van der Waals surface area contributed by atoms with Gasteiger partial charge < -0.3 is 10.5 Å². The van der Waals surface area contributed by atoms with Crippen LogP contribution in [0.3, 0.4) is 0 Å². The smallest absolute Gasteiger partial charge is 0.341 e. The van der Waals surface area contributed by atoms with Crippen LogP contribution in [0.4, 0.5) is 0 Å². The van der Waals surface area contributed by atoms with Crippen LogP contribution in [0.2, 0.25) is 10.0 Å². The molecule has 102 valence electrons. The highest BCUT2D eigenvalue weighted by Gasteiger charge is 2.12. The molecule has 0 atom stereocenters. The van der Waals surface area contributed by atoms with Gasteiger partial charge in [-0.2, -0.15) is 0 Å². The van der Waals surface area contributed by atoms with Crippen LogP contribution >= 0.6 is 23.2 Å². The lowest BCUT2D eigenvalue weighted by Gasteiger charge is -2.05. The summed E-state index contributed by atoms with van der Waals surface area (Å²) in [5, 5.41) is 1.05. The third-order valence-electron chi connectivity index (χ3n) is 2.40. The number of hydrogen-bond acceptors (Lipinski definition) is 3. The van der Waals surface area contributed by atoms with E-state index in [4.69, 9.17) is 28.9 Å². The Labute approximate surface area is 121 Å². The minimum absolute atomic E-state index is 0.111. The van der Waals surface area contributed by atoms with Crippen molar-refractivity contribution >= 4 is 35.0 Å². The summed E-state index contributed by atoms with van der Waals surface area (Å²) in [4.78, 5) is 15.5. The molecule has 0 aromatic heterocycles. The first-order valence-corrected chi connectivity index (χ1v) is 6.24. The molecule has 4 nitrogen and oxygen atoms in total. The van der Waals surface area contributed by atoms with E-state index in [1.165, 1.54) is 7.11 Å². The van der Waals surface area contributed by atoms with Crippen molar-refractivity contribution in [2.75, 3.05) is 7.11 Å². The van der Waals surface area contributed by atoms with E-state index in [2.05, 4.69) is 9.73 Å². The lowest BCUT2D eigenvalue weighted by atomic mass is 10.2. The number of carbonyl (C=O) groups is 1. The van der Waals surface area contributed by atoms with Crippen molar-refractivity contribution in [2.24, 2.45) is 10.7 Å². The summed E-state index contributed by atoms with van der Waals surface area (Å²) in [6, 6.07) is 5.10. The molecule has 6 heteroatoms. The van der Waals surface area contributed by atoms with E-state index in [1.54, 1.807) is 31.2 Å². The van der Waals surface area contributed by atoms with Crippen LogP contribution in [0.5, 0.6) is 0 Å². The van der Waals surface area contributed by atoms with E-state index in [9.17, 15) is 4.79 Å². The first kappa shape index (κ1) is 15.5. The molecule has 0 unspecified atom stereocenters. The maximum Gasteiger partial charge on any atom is 0.341 e. The second kappa shape index (κ2) is 7.16. The SMILES string of the molecule is C/C=C(/C(=O)OC)C(N)=NCc1ccc(Cl)cc1Cl. The highest BCUT2D eigenvalue weighted by Crippen LogP contribution is 2.21. The van der Waals surface area contributed by atoms with E-state index in [0.717, 1.165) is 5.56 Å². The Bertz CT molecular complexity index is 539. The van der Waals surface area contributed by atoms with Gasteiger partial charge in [0.1, 0.15) is 5.84 Å². The molecule has 0 spiro atoms. The summed E-state index contributed by atoms with van der Waals surface area (Å²) in [7, 11) is 1.29. The normalized spacial score (nSPS) is 12.4. The Balaban J connectivity index is 2.89. The molecule has 2 N–H and O–H groups in total. The Kier molecular flexibility index (Phi) is 5.86. The summed E-state index contributed by atoms with van der Waals surface area (Å²) in [5.41, 5.74) is 6.75. The fourth-order valence-corrected chi connectivity index (χ4v) is 1.85. The average molecular weight is 301 g/mol. The summed E-state index contributed by atoms with van der Waals surface area (Å²) in [6.07, 6.45) is 1.55. The summed E-state index contributed by atoms with van der Waals surface area (Å²) < 4.78 is 4.60. The number of methoxy groups -OCH3 is 1. The first-order valence-electron chi connectivity index (χ1n) is 5.48. The van der Waals surface area contributed by atoms with Gasteiger partial charge in [0, 0.05) is 10.0 Å². The molecular weight excluding hydrogens is 287 g/mol. The fraction of sp³-hybridized carbons (Fsp3) is 0.231. The monoisotopic (exact) mass is 300 g/mol. The summed E-state index contributed by atoms with van der Waals surface area (Å²) >= 11 is 11.8. The number of nitrogens with zero attached hydrogens (tertiary/aromatic N) is 1. The molecule has 0 aliphatic heterocycles. The van der Waals surface area contributed by atoms with Crippen molar-refractivity contribution in [3.8, 4) is 0 Å². The van der Waals surface area contributed by atoms with Crippen molar-refractivity contribution in [3.63, 3.8) is 0 Å². The number of rotatable bonds is 4. The van der Waals surface area contributed by atoms with Crippen LogP contribution in [-0.2, 0) is 16.1 Å². The highest BCUT2D eigenvalue weighted by atomic mass is 35.5. The van der Waals surface area contributed by atoms with Gasteiger partial charge in [0.05, 0.1) is 19.2 Å². The lowest BCUT2D eigenvalue weighted by molar-refractivity contribution is -0.135. The van der Waals surface area contributed by atoms with Crippen LogP contribution in [0.1, 0.15) is 12.5 Å². The Morgan fingerprint density at radius 3 is 2.68 bits per heavy atom. The molecule has 0 radical (unpaired) electrons. The third kappa shape index (κ3) is 4.26. The number of nitrogens with two attached hydrogens (primary N) is 1. The predicted molar refractivity (Wildman–Crippen MR) is 77.6 cm³/mol. The summed E-state index contributed by atoms with van der Waals surface area (Å²) in [5.74, 6) is -0.411. The molecule has 1 rings (SSSR count). The number of carbonyl (C=O) groups excluding carboxylic acids is 1. The second-order valence-corrected chi connectivity index (χ2v) is 4.47. The van der Waals surface area contributed by atoms with Crippen LogP contribution in [0.15, 0.2) is 34.8 Å². The van der Waals surface area contributed by atoms with Crippen LogP contribution in [-0.4, -0.2) is 18.9 Å². The van der Waals surface area contributed by atoms with Crippen LogP contribution in [0, 0.1) is 0 Å². The molecular formula is C13H14Cl2N2O2. The van der Waals surface area contributed by atoms with Gasteiger partial charge in [0.25, 0.3) is 0 Å². The number of aliphatic imine (C=N–C) groups is 1. The molecule has 19 heavy (non-hydrogen) atoms. The number of allylic oxidation sites excluding steroid dienone is 1. The van der Waals surface area contributed by atoms with Crippen molar-refractivity contribution in [3.05, 3.63) is 45.5 Å². The molecule has 0 saturated carbocycles. The molecule has 0 saturated heterocycles. The Hall–Kier alpha value is -1.52. The molecule has 0 aliphatic rings. The zero-order valence-electron chi connectivity index (χ0n) is 10.6. The van der Waals surface area contributed by atoms with Crippen molar-refractivity contribution < 1.29 is 9.53 Å². The number of halogens is 2. The molecule has 0 amide bonds. The molecule has 1 aromatic rings. The van der Waals surface area contributed by atoms with Crippen LogP contribution in [0.25, 0.3) is 0 Å². The summed E-state index contributed by atoms with van der Waals surface area (Å²) in [6.45, 7) is 1.94. The van der Waals surface area contributed by atoms with Gasteiger partial charge in [-0.15, -0.1) is 0 Å². The number of benzene rings is 1. The third-order valence-corrected chi connectivity index (χ3v) is 2.99. The lowest BCUT2D eigenvalue weighted by Crippen LogP contribution is -2.22. The molecule has 0 heterocycles. The van der Waals surface area contributed by atoms with Crippen molar-refractivity contribution in [1.29, 1.82) is 0 Å². The minimum atomic E-state index is -0.522. The van der Waals surface area contributed by atoms with E-state index in [-0.39, 0.29) is 18.0 Å². The number of hydrogen-bond donors (Lipinski definition) is 1. The maximum atomic E-state index is 11.4. The fourth-order valence-electron chi connectivity index (χ4n) is 1.39. The van der Waals surface area contributed by atoms with Gasteiger partial charge in [-0.3, -0.25) is 4.99 Å². The Morgan fingerprint density at radius 2 is 2.16 bits per heavy atom. The van der Waals surface area contributed by atoms with Gasteiger partial charge in [0.2, 0.25) is 0 Å². The average Bonchev–Trinajstić information content (AvgIpc) is 2.38. The number of amidine groups is 1. The first-order chi connectivity index (χ1) is 8.99. The molecule has 0 aliphatic carbocycles. The van der Waals surface area contributed by atoms with Gasteiger partial charge in [-0.25, -0.2) is 4.79 Å². The van der Waals surface area contributed by atoms with Crippen molar-refractivity contribution in [1.82, 2.24) is 0 Å². The second-order valence-electron chi connectivity index (χ2n) is 3.63. The standard InChI is InChI=1S/C13H14Cl2N2O2/c1-3-10(13(18)19-2)12(16)17-7-8-4-5-9(14)6-11(8)15/h3-6H,7H2,1-2H3,(H2,16,17)/b10-3+. The molecule has 0 bridgehead atoms. The molecule has 0 fully saturated rings. The number of esters is 1. The quantitative estimate of drug-likeness (QED) is 0.402. The maximum absolute atomic E-state index is 11.4. The highest BCUT2D eigenvalue weighted by molar-refractivity contribution is 6.35.